The van der Waals surface area contributed by atoms with Crippen LogP contribution in [0.15, 0.2) is 30.3 Å². The Morgan fingerprint density at radius 3 is 2.27 bits per heavy atom. The Morgan fingerprint density at radius 1 is 1.13 bits per heavy atom. The Morgan fingerprint density at radius 2 is 1.73 bits per heavy atom. The molecule has 1 unspecified atom stereocenters. The molecule has 0 N–H and O–H groups in total. The molecule has 0 aliphatic carbocycles. The Hall–Kier alpha value is -0.820. The third-order valence-corrected chi connectivity index (χ3v) is 3.91. The summed E-state index contributed by atoms with van der Waals surface area (Å²) < 4.78 is 1.25. The topological polar surface area (TPSA) is 0 Å². The molecule has 0 saturated carbocycles. The van der Waals surface area contributed by atoms with E-state index in [9.17, 15) is 0 Å². The lowest BCUT2D eigenvalue weighted by atomic mass is 10.0. The maximum absolute atomic E-state index is 2.42. The Balaban J connectivity index is 2.24. The third kappa shape index (κ3) is 2.07. The second-order valence-electron chi connectivity index (χ2n) is 4.97. The van der Waals surface area contributed by atoms with E-state index in [4.69, 9.17) is 0 Å². The largest absolute Gasteiger partial charge is 0.320 e. The van der Waals surface area contributed by atoms with Crippen molar-refractivity contribution in [2.45, 2.75) is 32.2 Å². The van der Waals surface area contributed by atoms with Crippen LogP contribution < -0.4 is 0 Å². The maximum Gasteiger partial charge on any atom is 0.114 e. The van der Waals surface area contributed by atoms with Crippen LogP contribution in [0.5, 0.6) is 0 Å². The van der Waals surface area contributed by atoms with Gasteiger partial charge in [-0.25, -0.2) is 0 Å². The highest BCUT2D eigenvalue weighted by Gasteiger charge is 2.35. The van der Waals surface area contributed by atoms with Crippen molar-refractivity contribution < 1.29 is 4.48 Å². The Labute approximate surface area is 93.3 Å². The zero-order valence-electron chi connectivity index (χ0n) is 9.95. The quantitative estimate of drug-likeness (QED) is 0.662. The van der Waals surface area contributed by atoms with Crippen molar-refractivity contribution in [1.29, 1.82) is 0 Å². The number of likely N-dealkylation sites (tertiary alicyclic amines) is 1. The lowest BCUT2D eigenvalue weighted by Crippen LogP contribution is -2.44. The average molecular weight is 204 g/mol. The van der Waals surface area contributed by atoms with Crippen LogP contribution in [-0.4, -0.2) is 24.6 Å². The van der Waals surface area contributed by atoms with Gasteiger partial charge in [0.1, 0.15) is 6.04 Å². The van der Waals surface area contributed by atoms with Gasteiger partial charge in [-0.15, -0.1) is 0 Å². The van der Waals surface area contributed by atoms with Crippen LogP contribution in [0.25, 0.3) is 0 Å². The number of benzene rings is 1. The number of nitrogens with zero attached hydrogens (tertiary/aromatic N) is 1. The first-order valence-corrected chi connectivity index (χ1v) is 6.15. The maximum atomic E-state index is 2.42. The molecule has 0 aromatic heterocycles. The molecule has 15 heavy (non-hydrogen) atoms. The highest BCUT2D eigenvalue weighted by atomic mass is 15.4. The highest BCUT2D eigenvalue weighted by molar-refractivity contribution is 5.17. The minimum atomic E-state index is 0.702. The summed E-state index contributed by atoms with van der Waals surface area (Å²) >= 11 is 0. The molecular weight excluding hydrogens is 182 g/mol. The smallest absolute Gasteiger partial charge is 0.114 e. The van der Waals surface area contributed by atoms with E-state index in [1.165, 1.54) is 42.4 Å². The second-order valence-corrected chi connectivity index (χ2v) is 4.97. The van der Waals surface area contributed by atoms with Gasteiger partial charge in [-0.2, -0.15) is 0 Å². The molecule has 1 saturated heterocycles. The van der Waals surface area contributed by atoms with Crippen LogP contribution >= 0.6 is 0 Å². The number of rotatable bonds is 3. The first-order chi connectivity index (χ1) is 7.26. The molecule has 0 spiro atoms. The van der Waals surface area contributed by atoms with Gasteiger partial charge in [0, 0.05) is 24.8 Å². The molecule has 1 aromatic carbocycles. The van der Waals surface area contributed by atoms with Crippen LogP contribution in [0.1, 0.15) is 37.8 Å². The number of hydrogen-bond acceptors (Lipinski definition) is 0. The lowest BCUT2D eigenvalue weighted by molar-refractivity contribution is -0.928. The van der Waals surface area contributed by atoms with E-state index in [-0.39, 0.29) is 0 Å². The summed E-state index contributed by atoms with van der Waals surface area (Å²) in [7, 11) is 2.42. The van der Waals surface area contributed by atoms with Gasteiger partial charge in [0.2, 0.25) is 0 Å². The van der Waals surface area contributed by atoms with Gasteiger partial charge < -0.3 is 4.48 Å². The highest BCUT2D eigenvalue weighted by Crippen LogP contribution is 2.33. The van der Waals surface area contributed by atoms with E-state index in [1.807, 2.05) is 0 Å². The van der Waals surface area contributed by atoms with Crippen molar-refractivity contribution in [3.8, 4) is 0 Å². The third-order valence-electron chi connectivity index (χ3n) is 3.91. The predicted molar refractivity (Wildman–Crippen MR) is 64.6 cm³/mol. The molecule has 1 heteroatoms. The van der Waals surface area contributed by atoms with Crippen LogP contribution in [0.2, 0.25) is 0 Å². The molecule has 0 bridgehead atoms. The molecule has 1 heterocycles. The standard InChI is InChI=1S/C14H22N/c1-3-14(13-9-5-4-6-10-13)15(2)11-7-8-12-15/h4-6,9-10,14H,3,7-8,11-12H2,1-2H3/q+1. The second kappa shape index (κ2) is 4.36. The SMILES string of the molecule is CCC(c1ccccc1)[N+]1(C)CCCC1. The number of quaternary nitrogens is 1. The van der Waals surface area contributed by atoms with Crippen molar-refractivity contribution in [2.24, 2.45) is 0 Å². The summed E-state index contributed by atoms with van der Waals surface area (Å²) in [5.74, 6) is 0. The minimum Gasteiger partial charge on any atom is -0.320 e. The van der Waals surface area contributed by atoms with Gasteiger partial charge in [-0.1, -0.05) is 37.3 Å². The summed E-state index contributed by atoms with van der Waals surface area (Å²) in [5, 5.41) is 0. The molecule has 1 fully saturated rings. The Bertz CT molecular complexity index is 298. The lowest BCUT2D eigenvalue weighted by Gasteiger charge is -2.37. The van der Waals surface area contributed by atoms with E-state index in [1.54, 1.807) is 0 Å². The first-order valence-electron chi connectivity index (χ1n) is 6.15. The van der Waals surface area contributed by atoms with Crippen LogP contribution in [-0.2, 0) is 0 Å². The van der Waals surface area contributed by atoms with Crippen molar-refractivity contribution in [2.75, 3.05) is 20.1 Å². The van der Waals surface area contributed by atoms with Gasteiger partial charge in [-0.3, -0.25) is 0 Å². The molecule has 1 aromatic rings. The Kier molecular flexibility index (Phi) is 3.11. The monoisotopic (exact) mass is 204 g/mol. The molecule has 0 radical (unpaired) electrons. The first kappa shape index (κ1) is 10.7. The van der Waals surface area contributed by atoms with E-state index in [2.05, 4.69) is 44.3 Å². The summed E-state index contributed by atoms with van der Waals surface area (Å²) in [6, 6.07) is 11.7. The molecule has 0 amide bonds. The van der Waals surface area contributed by atoms with Gasteiger partial charge >= 0.3 is 0 Å². The van der Waals surface area contributed by atoms with E-state index >= 15 is 0 Å². The van der Waals surface area contributed by atoms with E-state index < -0.39 is 0 Å². The molecule has 1 atom stereocenters. The molecule has 2 rings (SSSR count). The average Bonchev–Trinajstić information content (AvgIpc) is 2.68. The predicted octanol–water partition coefficient (Wildman–Crippen LogP) is 3.38. The summed E-state index contributed by atoms with van der Waals surface area (Å²) in [4.78, 5) is 0. The molecule has 1 nitrogen and oxygen atoms in total. The fourth-order valence-corrected chi connectivity index (χ4v) is 3.08. The van der Waals surface area contributed by atoms with Crippen molar-refractivity contribution in [3.63, 3.8) is 0 Å². The summed E-state index contributed by atoms with van der Waals surface area (Å²) in [5.41, 5.74) is 1.52. The van der Waals surface area contributed by atoms with Crippen LogP contribution in [0.4, 0.5) is 0 Å². The fraction of sp³-hybridized carbons (Fsp3) is 0.571. The molecule has 1 aliphatic rings. The summed E-state index contributed by atoms with van der Waals surface area (Å²) in [6.45, 7) is 5.03. The zero-order chi connectivity index (χ0) is 10.7. The van der Waals surface area contributed by atoms with Gasteiger partial charge in [-0.05, 0) is 0 Å². The minimum absolute atomic E-state index is 0.702. The zero-order valence-corrected chi connectivity index (χ0v) is 9.95. The van der Waals surface area contributed by atoms with Crippen LogP contribution in [0, 0.1) is 0 Å². The van der Waals surface area contributed by atoms with Crippen LogP contribution in [0.3, 0.4) is 0 Å². The normalized spacial score (nSPS) is 21.5. The molecule has 1 aliphatic heterocycles. The molecular formula is C14H22N+. The van der Waals surface area contributed by atoms with Gasteiger partial charge in [0.05, 0.1) is 20.1 Å². The van der Waals surface area contributed by atoms with Crippen molar-refractivity contribution in [1.82, 2.24) is 0 Å². The van der Waals surface area contributed by atoms with Gasteiger partial charge in [0.15, 0.2) is 0 Å². The van der Waals surface area contributed by atoms with Gasteiger partial charge in [0.25, 0.3) is 0 Å². The van der Waals surface area contributed by atoms with Crippen molar-refractivity contribution >= 4 is 0 Å². The van der Waals surface area contributed by atoms with E-state index in [0.29, 0.717) is 6.04 Å². The fourth-order valence-electron chi connectivity index (χ4n) is 3.08. The summed E-state index contributed by atoms with van der Waals surface area (Å²) in [6.07, 6.45) is 4.06. The van der Waals surface area contributed by atoms with Crippen molar-refractivity contribution in [3.05, 3.63) is 35.9 Å². The number of hydrogen-bond donors (Lipinski definition) is 0. The molecule has 82 valence electrons. The van der Waals surface area contributed by atoms with E-state index in [0.717, 1.165) is 0 Å².